The Kier molecular flexibility index (Phi) is 3.99. The summed E-state index contributed by atoms with van der Waals surface area (Å²) < 4.78 is 7.18. The zero-order valence-electron chi connectivity index (χ0n) is 13.4. The van der Waals surface area contributed by atoms with E-state index in [9.17, 15) is 0 Å². The zero-order chi connectivity index (χ0) is 16.5. The summed E-state index contributed by atoms with van der Waals surface area (Å²) in [5.74, 6) is 1.86. The molecule has 0 atom stereocenters. The zero-order valence-corrected chi connectivity index (χ0v) is 15.0. The van der Waals surface area contributed by atoms with Crippen LogP contribution >= 0.6 is 15.9 Å². The molecule has 0 fully saturated rings. The van der Waals surface area contributed by atoms with E-state index in [1.54, 1.807) is 0 Å². The summed E-state index contributed by atoms with van der Waals surface area (Å²) in [6.45, 7) is 2.12. The standard InChI is InChI=1S/C22H17BrO/c1-15-4-2-5-17(12-15)18-6-3-7-19(13-18)21-11-9-16-8-10-20(23)14-22(16)24-21/h2-8,10-14H,9H2,1H3. The molecular formula is C22H17BrO. The highest BCUT2D eigenvalue weighted by molar-refractivity contribution is 9.10. The van der Waals surface area contributed by atoms with Crippen molar-refractivity contribution in [3.8, 4) is 16.9 Å². The van der Waals surface area contributed by atoms with Crippen LogP contribution in [0.1, 0.15) is 16.7 Å². The number of hydrogen-bond donors (Lipinski definition) is 0. The maximum Gasteiger partial charge on any atom is 0.132 e. The second-order valence-electron chi connectivity index (χ2n) is 6.08. The van der Waals surface area contributed by atoms with E-state index in [0.717, 1.165) is 28.0 Å². The van der Waals surface area contributed by atoms with Gasteiger partial charge in [0, 0.05) is 10.0 Å². The van der Waals surface area contributed by atoms with E-state index in [1.807, 2.05) is 6.07 Å². The van der Waals surface area contributed by atoms with E-state index in [-0.39, 0.29) is 0 Å². The lowest BCUT2D eigenvalue weighted by molar-refractivity contribution is 0.498. The first kappa shape index (κ1) is 15.2. The van der Waals surface area contributed by atoms with Gasteiger partial charge in [0.2, 0.25) is 0 Å². The molecule has 3 aromatic rings. The Morgan fingerprint density at radius 3 is 2.42 bits per heavy atom. The number of hydrogen-bond acceptors (Lipinski definition) is 1. The lowest BCUT2D eigenvalue weighted by atomic mass is 9.99. The predicted molar refractivity (Wildman–Crippen MR) is 103 cm³/mol. The molecule has 4 rings (SSSR count). The summed E-state index contributed by atoms with van der Waals surface area (Å²) in [4.78, 5) is 0. The monoisotopic (exact) mass is 376 g/mol. The van der Waals surface area contributed by atoms with Crippen LogP contribution in [0.15, 0.2) is 77.3 Å². The number of benzene rings is 3. The molecule has 1 heterocycles. The molecule has 0 aliphatic carbocycles. The first-order valence-electron chi connectivity index (χ1n) is 8.03. The molecule has 3 aromatic carbocycles. The third kappa shape index (κ3) is 3.02. The second-order valence-corrected chi connectivity index (χ2v) is 6.99. The van der Waals surface area contributed by atoms with Crippen LogP contribution in [0.2, 0.25) is 0 Å². The summed E-state index contributed by atoms with van der Waals surface area (Å²) >= 11 is 3.52. The van der Waals surface area contributed by atoms with Gasteiger partial charge >= 0.3 is 0 Å². The lowest BCUT2D eigenvalue weighted by Crippen LogP contribution is -2.04. The minimum atomic E-state index is 0.895. The van der Waals surface area contributed by atoms with Crippen molar-refractivity contribution >= 4 is 21.7 Å². The van der Waals surface area contributed by atoms with E-state index in [1.165, 1.54) is 22.3 Å². The molecule has 0 spiro atoms. The largest absolute Gasteiger partial charge is 0.457 e. The van der Waals surface area contributed by atoms with Gasteiger partial charge in [-0.05, 0) is 54.3 Å². The summed E-state index contributed by atoms with van der Waals surface area (Å²) in [5, 5.41) is 0. The van der Waals surface area contributed by atoms with Crippen LogP contribution < -0.4 is 4.74 Å². The number of ether oxygens (including phenoxy) is 1. The minimum Gasteiger partial charge on any atom is -0.457 e. The number of aryl methyl sites for hydroxylation is 1. The molecule has 0 unspecified atom stereocenters. The average Bonchev–Trinajstić information content (AvgIpc) is 2.61. The topological polar surface area (TPSA) is 9.23 Å². The fourth-order valence-corrected chi connectivity index (χ4v) is 3.35. The molecule has 0 aromatic heterocycles. The van der Waals surface area contributed by atoms with Gasteiger partial charge in [0.05, 0.1) is 0 Å². The highest BCUT2D eigenvalue weighted by Crippen LogP contribution is 2.34. The number of rotatable bonds is 2. The van der Waals surface area contributed by atoms with Crippen LogP contribution in [0, 0.1) is 6.92 Å². The Hall–Kier alpha value is -2.32. The highest BCUT2D eigenvalue weighted by atomic mass is 79.9. The molecule has 0 radical (unpaired) electrons. The normalized spacial score (nSPS) is 13.0. The van der Waals surface area contributed by atoms with Crippen LogP contribution in [0.4, 0.5) is 0 Å². The Balaban J connectivity index is 1.68. The van der Waals surface area contributed by atoms with Crippen molar-refractivity contribution in [1.29, 1.82) is 0 Å². The van der Waals surface area contributed by atoms with Gasteiger partial charge in [-0.25, -0.2) is 0 Å². The van der Waals surface area contributed by atoms with Gasteiger partial charge in [-0.3, -0.25) is 0 Å². The van der Waals surface area contributed by atoms with Crippen LogP contribution in [-0.2, 0) is 6.42 Å². The van der Waals surface area contributed by atoms with E-state index < -0.39 is 0 Å². The molecule has 1 aliphatic heterocycles. The van der Waals surface area contributed by atoms with Crippen molar-refractivity contribution in [2.75, 3.05) is 0 Å². The fourth-order valence-electron chi connectivity index (χ4n) is 3.01. The van der Waals surface area contributed by atoms with Gasteiger partial charge in [-0.15, -0.1) is 0 Å². The lowest BCUT2D eigenvalue weighted by Gasteiger charge is -2.19. The predicted octanol–water partition coefficient (Wildman–Crippen LogP) is 6.40. The molecule has 2 heteroatoms. The Morgan fingerprint density at radius 2 is 1.58 bits per heavy atom. The van der Waals surface area contributed by atoms with E-state index in [0.29, 0.717) is 0 Å². The Morgan fingerprint density at radius 1 is 0.833 bits per heavy atom. The summed E-state index contributed by atoms with van der Waals surface area (Å²) in [7, 11) is 0. The first-order chi connectivity index (χ1) is 11.7. The molecule has 0 N–H and O–H groups in total. The summed E-state index contributed by atoms with van der Waals surface area (Å²) in [6.07, 6.45) is 3.05. The third-order valence-electron chi connectivity index (χ3n) is 4.25. The van der Waals surface area contributed by atoms with Crippen LogP contribution in [-0.4, -0.2) is 0 Å². The average molecular weight is 377 g/mol. The second kappa shape index (κ2) is 6.29. The van der Waals surface area contributed by atoms with E-state index in [2.05, 4.69) is 89.6 Å². The van der Waals surface area contributed by atoms with Crippen LogP contribution in [0.5, 0.6) is 5.75 Å². The van der Waals surface area contributed by atoms with Crippen molar-refractivity contribution < 1.29 is 4.74 Å². The van der Waals surface area contributed by atoms with E-state index in [4.69, 9.17) is 4.74 Å². The van der Waals surface area contributed by atoms with Crippen molar-refractivity contribution in [1.82, 2.24) is 0 Å². The fraction of sp³-hybridized carbons (Fsp3) is 0.0909. The maximum atomic E-state index is 6.14. The van der Waals surface area contributed by atoms with Crippen molar-refractivity contribution in [3.05, 3.63) is 94.0 Å². The number of halogens is 1. The van der Waals surface area contributed by atoms with Gasteiger partial charge in [0.15, 0.2) is 0 Å². The van der Waals surface area contributed by atoms with Gasteiger partial charge in [-0.1, -0.05) is 70.0 Å². The third-order valence-corrected chi connectivity index (χ3v) is 4.75. The SMILES string of the molecule is Cc1cccc(-c2cccc(C3=CCc4ccc(Br)cc4O3)c2)c1. The molecule has 0 amide bonds. The van der Waals surface area contributed by atoms with Crippen LogP contribution in [0.25, 0.3) is 16.9 Å². The Bertz CT molecular complexity index is 940. The Labute approximate surface area is 150 Å². The minimum absolute atomic E-state index is 0.895. The van der Waals surface area contributed by atoms with Crippen LogP contribution in [0.3, 0.4) is 0 Å². The molecule has 0 saturated carbocycles. The van der Waals surface area contributed by atoms with E-state index >= 15 is 0 Å². The maximum absolute atomic E-state index is 6.14. The molecule has 1 aliphatic rings. The van der Waals surface area contributed by atoms with Gasteiger partial charge < -0.3 is 4.74 Å². The first-order valence-corrected chi connectivity index (χ1v) is 8.82. The molecule has 0 bridgehead atoms. The quantitative estimate of drug-likeness (QED) is 0.502. The molecule has 118 valence electrons. The molecular weight excluding hydrogens is 360 g/mol. The molecule has 24 heavy (non-hydrogen) atoms. The number of fused-ring (bicyclic) bond motifs is 1. The van der Waals surface area contributed by atoms with Crippen molar-refractivity contribution in [2.45, 2.75) is 13.3 Å². The molecule has 1 nitrogen and oxygen atoms in total. The number of allylic oxidation sites excluding steroid dienone is 1. The smallest absolute Gasteiger partial charge is 0.132 e. The summed E-state index contributed by atoms with van der Waals surface area (Å²) in [5.41, 5.74) is 6.04. The van der Waals surface area contributed by atoms with Crippen molar-refractivity contribution in [3.63, 3.8) is 0 Å². The van der Waals surface area contributed by atoms with Gasteiger partial charge in [0.1, 0.15) is 11.5 Å². The molecule has 0 saturated heterocycles. The van der Waals surface area contributed by atoms with Gasteiger partial charge in [0.25, 0.3) is 0 Å². The van der Waals surface area contributed by atoms with Gasteiger partial charge in [-0.2, -0.15) is 0 Å². The van der Waals surface area contributed by atoms with Crippen molar-refractivity contribution in [2.24, 2.45) is 0 Å². The summed E-state index contributed by atoms with van der Waals surface area (Å²) in [6, 6.07) is 23.3. The highest BCUT2D eigenvalue weighted by Gasteiger charge is 2.14.